The van der Waals surface area contributed by atoms with E-state index in [2.05, 4.69) is 62.3 Å². The Hall–Kier alpha value is -1.06. The number of hydrogen-bond donors (Lipinski definition) is 1. The minimum atomic E-state index is 0.518. The van der Waals surface area contributed by atoms with Crippen LogP contribution in [0.5, 0.6) is 5.75 Å². The lowest BCUT2D eigenvalue weighted by molar-refractivity contribution is 0.186. The molecular formula is C18H30N2O. The van der Waals surface area contributed by atoms with Crippen molar-refractivity contribution >= 4 is 0 Å². The van der Waals surface area contributed by atoms with Crippen LogP contribution in [-0.4, -0.2) is 37.2 Å². The number of likely N-dealkylation sites (N-methyl/N-ethyl adjacent to an activating group) is 1. The second-order valence-corrected chi connectivity index (χ2v) is 6.59. The highest BCUT2D eigenvalue weighted by Gasteiger charge is 2.30. The molecule has 1 aliphatic carbocycles. The summed E-state index contributed by atoms with van der Waals surface area (Å²) < 4.78 is 5.85. The van der Waals surface area contributed by atoms with Gasteiger partial charge in [0.05, 0.1) is 0 Å². The van der Waals surface area contributed by atoms with Crippen LogP contribution in [0.15, 0.2) is 24.3 Å². The molecule has 1 N–H and O–H groups in total. The van der Waals surface area contributed by atoms with Gasteiger partial charge in [-0.05, 0) is 50.4 Å². The van der Waals surface area contributed by atoms with Gasteiger partial charge < -0.3 is 15.0 Å². The number of hydrogen-bond acceptors (Lipinski definition) is 3. The highest BCUT2D eigenvalue weighted by Crippen LogP contribution is 2.34. The summed E-state index contributed by atoms with van der Waals surface area (Å²) in [5.74, 6) is 1.89. The molecule has 0 amide bonds. The lowest BCUT2D eigenvalue weighted by atomic mass is 10.2. The van der Waals surface area contributed by atoms with Crippen LogP contribution in [0.4, 0.5) is 0 Å². The van der Waals surface area contributed by atoms with Crippen molar-refractivity contribution < 1.29 is 4.74 Å². The normalized spacial score (nSPS) is 16.5. The van der Waals surface area contributed by atoms with E-state index in [0.717, 1.165) is 31.4 Å². The van der Waals surface area contributed by atoms with Gasteiger partial charge >= 0.3 is 0 Å². The molecular weight excluding hydrogens is 260 g/mol. The van der Waals surface area contributed by atoms with E-state index in [1.807, 2.05) is 0 Å². The first-order chi connectivity index (χ1) is 10.1. The van der Waals surface area contributed by atoms with Gasteiger partial charge in [0.15, 0.2) is 0 Å². The largest absolute Gasteiger partial charge is 0.492 e. The SMILES string of the molecule is CC(C)NCc1ccc(OCCN(C)C(C)C2CC2)cc1. The Kier molecular flexibility index (Phi) is 6.07. The molecule has 3 heteroatoms. The maximum Gasteiger partial charge on any atom is 0.119 e. The minimum absolute atomic E-state index is 0.518. The fraction of sp³-hybridized carbons (Fsp3) is 0.667. The molecule has 0 saturated heterocycles. The number of nitrogens with zero attached hydrogens (tertiary/aromatic N) is 1. The van der Waals surface area contributed by atoms with Crippen LogP contribution in [0, 0.1) is 5.92 Å². The van der Waals surface area contributed by atoms with Crippen molar-refractivity contribution in [3.8, 4) is 5.75 Å². The van der Waals surface area contributed by atoms with Gasteiger partial charge in [0.1, 0.15) is 12.4 Å². The van der Waals surface area contributed by atoms with Gasteiger partial charge in [-0.3, -0.25) is 0 Å². The Morgan fingerprint density at radius 3 is 2.43 bits per heavy atom. The van der Waals surface area contributed by atoms with Crippen molar-refractivity contribution in [1.29, 1.82) is 0 Å². The van der Waals surface area contributed by atoms with Crippen LogP contribution < -0.4 is 10.1 Å². The monoisotopic (exact) mass is 290 g/mol. The molecule has 0 aromatic heterocycles. The van der Waals surface area contributed by atoms with Gasteiger partial charge in [-0.1, -0.05) is 26.0 Å². The van der Waals surface area contributed by atoms with Crippen molar-refractivity contribution in [1.82, 2.24) is 10.2 Å². The van der Waals surface area contributed by atoms with E-state index >= 15 is 0 Å². The minimum Gasteiger partial charge on any atom is -0.492 e. The Balaban J connectivity index is 1.68. The first-order valence-corrected chi connectivity index (χ1v) is 8.21. The van der Waals surface area contributed by atoms with Gasteiger partial charge in [0.2, 0.25) is 0 Å². The molecule has 0 bridgehead atoms. The molecule has 2 rings (SSSR count). The first kappa shape index (κ1) is 16.3. The Bertz CT molecular complexity index is 412. The molecule has 1 fully saturated rings. The second-order valence-electron chi connectivity index (χ2n) is 6.59. The smallest absolute Gasteiger partial charge is 0.119 e. The zero-order valence-electron chi connectivity index (χ0n) is 13.9. The molecule has 1 aromatic carbocycles. The van der Waals surface area contributed by atoms with E-state index in [-0.39, 0.29) is 0 Å². The lowest BCUT2D eigenvalue weighted by Gasteiger charge is -2.24. The van der Waals surface area contributed by atoms with Crippen LogP contribution in [0.2, 0.25) is 0 Å². The van der Waals surface area contributed by atoms with Crippen molar-refractivity contribution in [2.45, 2.75) is 52.2 Å². The van der Waals surface area contributed by atoms with Crippen LogP contribution in [-0.2, 0) is 6.54 Å². The molecule has 0 spiro atoms. The Morgan fingerprint density at radius 1 is 1.19 bits per heavy atom. The van der Waals surface area contributed by atoms with Crippen molar-refractivity contribution in [2.24, 2.45) is 5.92 Å². The Morgan fingerprint density at radius 2 is 1.86 bits per heavy atom. The van der Waals surface area contributed by atoms with Gasteiger partial charge in [-0.15, -0.1) is 0 Å². The number of benzene rings is 1. The highest BCUT2D eigenvalue weighted by molar-refractivity contribution is 5.27. The summed E-state index contributed by atoms with van der Waals surface area (Å²) in [6.45, 7) is 9.33. The Labute approximate surface area is 129 Å². The third-order valence-electron chi connectivity index (χ3n) is 4.35. The fourth-order valence-corrected chi connectivity index (χ4v) is 2.48. The van der Waals surface area contributed by atoms with Gasteiger partial charge in [0, 0.05) is 25.2 Å². The van der Waals surface area contributed by atoms with Crippen molar-refractivity contribution in [3.63, 3.8) is 0 Å². The summed E-state index contributed by atoms with van der Waals surface area (Å²) >= 11 is 0. The molecule has 1 aliphatic rings. The molecule has 21 heavy (non-hydrogen) atoms. The molecule has 1 aromatic rings. The average molecular weight is 290 g/mol. The van der Waals surface area contributed by atoms with E-state index < -0.39 is 0 Å². The molecule has 0 aliphatic heterocycles. The van der Waals surface area contributed by atoms with Crippen LogP contribution in [0.3, 0.4) is 0 Å². The van der Waals surface area contributed by atoms with Crippen LogP contribution in [0.25, 0.3) is 0 Å². The summed E-state index contributed by atoms with van der Waals surface area (Å²) in [7, 11) is 2.20. The average Bonchev–Trinajstić information content (AvgIpc) is 3.30. The lowest BCUT2D eigenvalue weighted by Crippen LogP contribution is -2.34. The molecule has 1 saturated carbocycles. The molecule has 0 heterocycles. The van der Waals surface area contributed by atoms with E-state index in [1.165, 1.54) is 18.4 Å². The molecule has 0 radical (unpaired) electrons. The fourth-order valence-electron chi connectivity index (χ4n) is 2.48. The third kappa shape index (κ3) is 5.68. The number of ether oxygens (including phenoxy) is 1. The van der Waals surface area contributed by atoms with Crippen molar-refractivity contribution in [2.75, 3.05) is 20.2 Å². The zero-order chi connectivity index (χ0) is 15.2. The van der Waals surface area contributed by atoms with E-state index in [9.17, 15) is 0 Å². The summed E-state index contributed by atoms with van der Waals surface area (Å²) in [5.41, 5.74) is 1.30. The van der Waals surface area contributed by atoms with Gasteiger partial charge in [-0.25, -0.2) is 0 Å². The van der Waals surface area contributed by atoms with Crippen LogP contribution in [0.1, 0.15) is 39.2 Å². The zero-order valence-corrected chi connectivity index (χ0v) is 13.9. The predicted molar refractivity (Wildman–Crippen MR) is 88.7 cm³/mol. The third-order valence-corrected chi connectivity index (χ3v) is 4.35. The first-order valence-electron chi connectivity index (χ1n) is 8.21. The summed E-state index contributed by atoms with van der Waals surface area (Å²) in [6, 6.07) is 9.63. The van der Waals surface area contributed by atoms with E-state index in [4.69, 9.17) is 4.74 Å². The van der Waals surface area contributed by atoms with Crippen LogP contribution >= 0.6 is 0 Å². The van der Waals surface area contributed by atoms with E-state index in [1.54, 1.807) is 0 Å². The maximum absolute atomic E-state index is 5.85. The number of nitrogens with one attached hydrogen (secondary N) is 1. The summed E-state index contributed by atoms with van der Waals surface area (Å²) in [5, 5.41) is 3.42. The molecule has 1 atom stereocenters. The maximum atomic E-state index is 5.85. The standard InChI is InChI=1S/C18H30N2O/c1-14(2)19-13-16-5-9-18(10-6-16)21-12-11-20(4)15(3)17-7-8-17/h5-6,9-10,14-15,17,19H,7-8,11-13H2,1-4H3. The second kappa shape index (κ2) is 7.81. The molecule has 118 valence electrons. The topological polar surface area (TPSA) is 24.5 Å². The highest BCUT2D eigenvalue weighted by atomic mass is 16.5. The van der Waals surface area contributed by atoms with Crippen molar-refractivity contribution in [3.05, 3.63) is 29.8 Å². The predicted octanol–water partition coefficient (Wildman–Crippen LogP) is 3.29. The molecule has 3 nitrogen and oxygen atoms in total. The van der Waals surface area contributed by atoms with E-state index in [0.29, 0.717) is 12.1 Å². The molecule has 1 unspecified atom stereocenters. The van der Waals surface area contributed by atoms with Gasteiger partial charge in [0.25, 0.3) is 0 Å². The van der Waals surface area contributed by atoms with Gasteiger partial charge in [-0.2, -0.15) is 0 Å². The number of rotatable bonds is 9. The quantitative estimate of drug-likeness (QED) is 0.755. The summed E-state index contributed by atoms with van der Waals surface area (Å²) in [4.78, 5) is 2.42. The summed E-state index contributed by atoms with van der Waals surface area (Å²) in [6.07, 6.45) is 2.80.